The van der Waals surface area contributed by atoms with Crippen LogP contribution in [-0.2, 0) is 0 Å². The second-order valence-corrected chi connectivity index (χ2v) is 10.8. The number of aromatic nitrogens is 2. The number of para-hydroxylation sites is 1. The Labute approximate surface area is 191 Å². The van der Waals surface area contributed by atoms with Gasteiger partial charge in [0.25, 0.3) is 0 Å². The van der Waals surface area contributed by atoms with Gasteiger partial charge in [0.1, 0.15) is 12.6 Å². The van der Waals surface area contributed by atoms with Gasteiger partial charge in [-0.1, -0.05) is 77.2 Å². The maximum absolute atomic E-state index is 3.92. The molecule has 0 bridgehead atoms. The van der Waals surface area contributed by atoms with Crippen LogP contribution in [0.3, 0.4) is 0 Å². The van der Waals surface area contributed by atoms with Crippen LogP contribution in [0.25, 0.3) is 19.6 Å². The van der Waals surface area contributed by atoms with Crippen molar-refractivity contribution < 1.29 is 0 Å². The zero-order valence-electron chi connectivity index (χ0n) is 14.7. The van der Waals surface area contributed by atoms with Crippen molar-refractivity contribution in [3.05, 3.63) is 79.7 Å². The van der Waals surface area contributed by atoms with Crippen molar-refractivity contribution in [2.24, 2.45) is 0 Å². The van der Waals surface area contributed by atoms with E-state index in [9.17, 15) is 0 Å². The summed E-state index contributed by atoms with van der Waals surface area (Å²) in [6, 6.07) is 22.8. The molecule has 2 aromatic heterocycles. The minimum absolute atomic E-state index is 0.958. The van der Waals surface area contributed by atoms with E-state index < -0.39 is 0 Å². The van der Waals surface area contributed by atoms with Crippen LogP contribution in [0, 0.1) is 0 Å². The van der Waals surface area contributed by atoms with Gasteiger partial charge in [0.15, 0.2) is 0 Å². The van der Waals surface area contributed by atoms with Gasteiger partial charge in [0.05, 0.1) is 14.1 Å². The highest BCUT2D eigenvalue weighted by atomic mass is 79.9. The molecule has 0 atom stereocenters. The third-order valence-electron chi connectivity index (χ3n) is 3.93. The quantitative estimate of drug-likeness (QED) is 0.212. The van der Waals surface area contributed by atoms with Crippen molar-refractivity contribution in [3.63, 3.8) is 0 Å². The lowest BCUT2D eigenvalue weighted by molar-refractivity contribution is 0.931. The third kappa shape index (κ3) is 4.58. The standard InChI is InChI=1S/C14H11BrNS2.C6H3BrN2S/c1-16(11-5-3-2-4-6-11)14-17-12-8-7-10(15)9-13(12)18-14;7-4-1-2-6-5(3-4)8-9-10-6/h2-9H,1H3;1-3H/q+1;. The normalized spacial score (nSPS) is 12.0. The fourth-order valence-electron chi connectivity index (χ4n) is 2.50. The molecule has 140 valence electrons. The van der Waals surface area contributed by atoms with Crippen molar-refractivity contribution in [2.75, 3.05) is 7.05 Å². The highest BCUT2D eigenvalue weighted by molar-refractivity contribution is 9.10. The molecule has 28 heavy (non-hydrogen) atoms. The van der Waals surface area contributed by atoms with E-state index in [1.165, 1.54) is 30.6 Å². The van der Waals surface area contributed by atoms with E-state index in [1.54, 1.807) is 0 Å². The van der Waals surface area contributed by atoms with E-state index in [1.807, 2.05) is 46.9 Å². The number of fused-ring (bicyclic) bond motifs is 2. The molecule has 0 saturated carbocycles. The summed E-state index contributed by atoms with van der Waals surface area (Å²) < 4.78 is 13.3. The Morgan fingerprint density at radius 3 is 2.25 bits per heavy atom. The van der Waals surface area contributed by atoms with Crippen molar-refractivity contribution in [1.29, 1.82) is 0 Å². The molecule has 0 aliphatic carbocycles. The highest BCUT2D eigenvalue weighted by Gasteiger charge is 2.08. The van der Waals surface area contributed by atoms with Crippen LogP contribution in [0.4, 0.5) is 5.69 Å². The Morgan fingerprint density at radius 2 is 1.46 bits per heavy atom. The van der Waals surface area contributed by atoms with Crippen LogP contribution in [0.2, 0.25) is 0 Å². The fourth-order valence-corrected chi connectivity index (χ4v) is 6.37. The average Bonchev–Trinajstić information content (AvgIpc) is 3.34. The van der Waals surface area contributed by atoms with Gasteiger partial charge in [-0.2, -0.15) is 4.58 Å². The minimum Gasteiger partial charge on any atom is -0.177 e. The van der Waals surface area contributed by atoms with E-state index in [2.05, 4.69) is 95.5 Å². The molecule has 2 heterocycles. The lowest BCUT2D eigenvalue weighted by Crippen LogP contribution is -2.14. The first-order valence-corrected chi connectivity index (χ1v) is 12.3. The second-order valence-electron chi connectivity index (χ2n) is 5.84. The number of halogens is 2. The summed E-state index contributed by atoms with van der Waals surface area (Å²) in [5.74, 6) is 0. The molecular weight excluding hydrogens is 538 g/mol. The van der Waals surface area contributed by atoms with Crippen LogP contribution in [0.1, 0.15) is 0 Å². The molecule has 0 fully saturated rings. The van der Waals surface area contributed by atoms with Gasteiger partial charge in [-0.15, -0.1) is 5.10 Å². The number of hydrogen-bond donors (Lipinski definition) is 0. The molecule has 0 amide bonds. The van der Waals surface area contributed by atoms with E-state index in [0.29, 0.717) is 0 Å². The summed E-state index contributed by atoms with van der Waals surface area (Å²) in [6.45, 7) is 0. The molecule has 0 radical (unpaired) electrons. The topological polar surface area (TPSA) is 28.8 Å². The number of rotatable bonds is 1. The van der Waals surface area contributed by atoms with Crippen LogP contribution in [-0.4, -0.2) is 16.6 Å². The Morgan fingerprint density at radius 1 is 0.786 bits per heavy atom. The first kappa shape index (κ1) is 19.8. The SMILES string of the molecule is Brc1ccc2snnc2c1.C[N+](c1ccccc1)=c1sc2ccc(Br)cc2s1. The molecule has 5 aromatic rings. The summed E-state index contributed by atoms with van der Waals surface area (Å²) in [6.07, 6.45) is 0. The maximum atomic E-state index is 3.92. The Kier molecular flexibility index (Phi) is 6.32. The molecule has 8 heteroatoms. The summed E-state index contributed by atoms with van der Waals surface area (Å²) in [7, 11) is 2.12. The predicted molar refractivity (Wildman–Crippen MR) is 130 cm³/mol. The molecule has 0 aliphatic heterocycles. The van der Waals surface area contributed by atoms with Crippen molar-refractivity contribution in [1.82, 2.24) is 14.2 Å². The molecule has 0 N–H and O–H groups in total. The van der Waals surface area contributed by atoms with E-state index in [4.69, 9.17) is 0 Å². The molecule has 0 spiro atoms. The van der Waals surface area contributed by atoms with Crippen LogP contribution < -0.4 is 8.56 Å². The monoisotopic (exact) mass is 550 g/mol. The van der Waals surface area contributed by atoms with Gasteiger partial charge in [-0.05, 0) is 47.9 Å². The summed E-state index contributed by atoms with van der Waals surface area (Å²) >= 11 is 12.0. The maximum Gasteiger partial charge on any atom is 0.320 e. The van der Waals surface area contributed by atoms with Gasteiger partial charge < -0.3 is 0 Å². The number of nitrogens with zero attached hydrogens (tertiary/aromatic N) is 3. The van der Waals surface area contributed by atoms with Crippen molar-refractivity contribution >= 4 is 91.4 Å². The number of benzene rings is 3. The zero-order valence-corrected chi connectivity index (χ0v) is 20.3. The smallest absolute Gasteiger partial charge is 0.177 e. The van der Waals surface area contributed by atoms with Crippen LogP contribution in [0.15, 0.2) is 75.7 Å². The van der Waals surface area contributed by atoms with Gasteiger partial charge in [-0.3, -0.25) is 0 Å². The van der Waals surface area contributed by atoms with Gasteiger partial charge >= 0.3 is 3.98 Å². The molecule has 0 aliphatic rings. The summed E-state index contributed by atoms with van der Waals surface area (Å²) in [5.41, 5.74) is 2.18. The van der Waals surface area contributed by atoms with Gasteiger partial charge in [0, 0.05) is 21.1 Å². The molecule has 3 aromatic carbocycles. The van der Waals surface area contributed by atoms with Crippen LogP contribution in [0.5, 0.6) is 0 Å². The lowest BCUT2D eigenvalue weighted by Gasteiger charge is -1.91. The van der Waals surface area contributed by atoms with Gasteiger partial charge in [-0.25, -0.2) is 0 Å². The average molecular weight is 552 g/mol. The Hall–Kier alpha value is -1.45. The summed E-state index contributed by atoms with van der Waals surface area (Å²) in [4.78, 5) is 0. The highest BCUT2D eigenvalue weighted by Crippen LogP contribution is 2.25. The predicted octanol–water partition coefficient (Wildman–Crippen LogP) is 6.91. The molecule has 0 unspecified atom stereocenters. The largest absolute Gasteiger partial charge is 0.320 e. The van der Waals surface area contributed by atoms with E-state index in [-0.39, 0.29) is 0 Å². The first-order chi connectivity index (χ1) is 13.6. The Balaban J connectivity index is 0.000000162. The fraction of sp³-hybridized carbons (Fsp3) is 0.0500. The van der Waals surface area contributed by atoms with E-state index >= 15 is 0 Å². The second kappa shape index (κ2) is 8.92. The Bertz CT molecular complexity index is 1310. The molecule has 3 nitrogen and oxygen atoms in total. The molecular formula is C20H14Br2N3S3+. The molecule has 5 rings (SSSR count). The van der Waals surface area contributed by atoms with Crippen LogP contribution >= 0.6 is 66.1 Å². The van der Waals surface area contributed by atoms with E-state index in [0.717, 1.165) is 19.2 Å². The summed E-state index contributed by atoms with van der Waals surface area (Å²) in [5, 5.41) is 3.92. The van der Waals surface area contributed by atoms with Gasteiger partial charge in [0.2, 0.25) is 5.69 Å². The van der Waals surface area contributed by atoms with Crippen molar-refractivity contribution in [2.45, 2.75) is 0 Å². The third-order valence-corrected chi connectivity index (χ3v) is 8.28. The van der Waals surface area contributed by atoms with Crippen molar-refractivity contribution in [3.8, 4) is 0 Å². The number of hydrogen-bond acceptors (Lipinski definition) is 5. The molecule has 0 saturated heterocycles. The first-order valence-electron chi connectivity index (χ1n) is 8.29. The lowest BCUT2D eigenvalue weighted by atomic mass is 10.3. The zero-order chi connectivity index (χ0) is 19.5. The minimum atomic E-state index is 0.958.